The molecule has 11 heteroatoms. The van der Waals surface area contributed by atoms with Gasteiger partial charge in [-0.25, -0.2) is 14.6 Å². The Morgan fingerprint density at radius 1 is 1.17 bits per heavy atom. The number of carbonyl (C=O) groups is 3. The second kappa shape index (κ2) is 11.7. The predicted molar refractivity (Wildman–Crippen MR) is 150 cm³/mol. The van der Waals surface area contributed by atoms with Crippen LogP contribution in [0.3, 0.4) is 0 Å². The maximum Gasteiger partial charge on any atom is 0.354 e. The van der Waals surface area contributed by atoms with Crippen LogP contribution in [0.25, 0.3) is 5.78 Å². The molecule has 0 radical (unpaired) electrons. The SMILES string of the molecule is C=CCOC(=O)c1ccc2c(c1C)CC[C@@H]2NC(=O)c1cc(C(=O)O)nc2ncnn12.N[C@@H]1CCc2ccccc21. The van der Waals surface area contributed by atoms with E-state index in [0.717, 1.165) is 29.5 Å². The summed E-state index contributed by atoms with van der Waals surface area (Å²) >= 11 is 0. The number of carboxylic acid groups (broad SMARTS) is 1. The van der Waals surface area contributed by atoms with E-state index in [1.807, 2.05) is 13.0 Å². The van der Waals surface area contributed by atoms with Gasteiger partial charge in [0, 0.05) is 12.1 Å². The highest BCUT2D eigenvalue weighted by molar-refractivity contribution is 5.96. The lowest BCUT2D eigenvalue weighted by molar-refractivity contribution is 0.0548. The van der Waals surface area contributed by atoms with Crippen molar-refractivity contribution in [2.45, 2.75) is 44.7 Å². The fraction of sp³-hybridized carbons (Fsp3) is 0.267. The number of hydrogen-bond donors (Lipinski definition) is 3. The average molecular weight is 555 g/mol. The van der Waals surface area contributed by atoms with E-state index in [0.29, 0.717) is 24.4 Å². The van der Waals surface area contributed by atoms with Gasteiger partial charge in [0.15, 0.2) is 5.69 Å². The fourth-order valence-corrected chi connectivity index (χ4v) is 5.37. The molecule has 2 aromatic heterocycles. The summed E-state index contributed by atoms with van der Waals surface area (Å²) in [5.41, 5.74) is 11.6. The van der Waals surface area contributed by atoms with Crippen LogP contribution >= 0.6 is 0 Å². The van der Waals surface area contributed by atoms with E-state index in [1.165, 1.54) is 34.1 Å². The molecule has 2 aromatic carbocycles. The Bertz CT molecular complexity index is 1660. The Balaban J connectivity index is 0.000000282. The van der Waals surface area contributed by atoms with Gasteiger partial charge in [-0.05, 0) is 66.5 Å². The number of carbonyl (C=O) groups excluding carboxylic acids is 2. The zero-order chi connectivity index (χ0) is 29.1. The molecule has 2 aliphatic rings. The van der Waals surface area contributed by atoms with E-state index in [-0.39, 0.29) is 29.8 Å². The quantitative estimate of drug-likeness (QED) is 0.239. The van der Waals surface area contributed by atoms with Gasteiger partial charge in [-0.3, -0.25) is 4.79 Å². The molecule has 0 fully saturated rings. The lowest BCUT2D eigenvalue weighted by Gasteiger charge is -2.16. The first-order valence-electron chi connectivity index (χ1n) is 13.3. The fourth-order valence-electron chi connectivity index (χ4n) is 5.37. The molecule has 4 aromatic rings. The average Bonchev–Trinajstić information content (AvgIpc) is 3.71. The lowest BCUT2D eigenvalue weighted by atomic mass is 9.98. The number of ether oxygens (including phenoxy) is 1. The molecule has 41 heavy (non-hydrogen) atoms. The molecule has 11 nitrogen and oxygen atoms in total. The number of nitrogens with two attached hydrogens (primary N) is 1. The molecule has 0 unspecified atom stereocenters. The van der Waals surface area contributed by atoms with Gasteiger partial charge < -0.3 is 20.9 Å². The second-order valence-electron chi connectivity index (χ2n) is 9.91. The van der Waals surface area contributed by atoms with E-state index in [2.05, 4.69) is 51.2 Å². The number of aromatic nitrogens is 4. The van der Waals surface area contributed by atoms with Crippen molar-refractivity contribution in [1.82, 2.24) is 24.9 Å². The third-order valence-corrected chi connectivity index (χ3v) is 7.43. The number of nitrogens with zero attached hydrogens (tertiary/aromatic N) is 4. The van der Waals surface area contributed by atoms with Crippen molar-refractivity contribution in [3.8, 4) is 0 Å². The molecule has 0 saturated carbocycles. The van der Waals surface area contributed by atoms with Crippen LogP contribution in [-0.2, 0) is 17.6 Å². The summed E-state index contributed by atoms with van der Waals surface area (Å²) in [6.45, 7) is 5.53. The summed E-state index contributed by atoms with van der Waals surface area (Å²) < 4.78 is 6.33. The highest BCUT2D eigenvalue weighted by Crippen LogP contribution is 2.35. The molecule has 0 saturated heterocycles. The van der Waals surface area contributed by atoms with Crippen LogP contribution in [0.2, 0.25) is 0 Å². The third-order valence-electron chi connectivity index (χ3n) is 7.43. The van der Waals surface area contributed by atoms with Crippen molar-refractivity contribution in [2.75, 3.05) is 6.61 Å². The number of esters is 1. The standard InChI is InChI=1S/C21H19N5O5.C9H11N/c1-3-8-31-20(30)13-4-5-14-12(11(13)2)6-7-15(14)24-18(27)17-9-16(19(28)29)25-21-22-10-23-26(17)21;10-9-6-5-7-3-1-2-4-8(7)9/h3-5,9-10,15H,1,6-8H2,2H3,(H,24,27)(H,28,29);1-4,9H,5-6,10H2/t15-;9-/m01/s1. The van der Waals surface area contributed by atoms with Crippen molar-refractivity contribution < 1.29 is 24.2 Å². The van der Waals surface area contributed by atoms with Gasteiger partial charge in [-0.1, -0.05) is 43.0 Å². The number of rotatable bonds is 6. The van der Waals surface area contributed by atoms with Crippen molar-refractivity contribution in [3.05, 3.63) is 106 Å². The van der Waals surface area contributed by atoms with Crippen LogP contribution in [0.15, 0.2) is 61.4 Å². The van der Waals surface area contributed by atoms with Gasteiger partial charge >= 0.3 is 11.9 Å². The normalized spacial score (nSPS) is 16.7. The van der Waals surface area contributed by atoms with Gasteiger partial charge in [0.05, 0.1) is 11.6 Å². The van der Waals surface area contributed by atoms with Gasteiger partial charge in [0.25, 0.3) is 11.7 Å². The Kier molecular flexibility index (Phi) is 7.88. The van der Waals surface area contributed by atoms with Crippen LogP contribution in [-0.4, -0.2) is 49.1 Å². The minimum absolute atomic E-state index is 0.0229. The summed E-state index contributed by atoms with van der Waals surface area (Å²) in [4.78, 5) is 44.3. The highest BCUT2D eigenvalue weighted by Gasteiger charge is 2.29. The first kappa shape index (κ1) is 27.7. The molecule has 6 rings (SSSR count). The van der Waals surface area contributed by atoms with E-state index in [4.69, 9.17) is 10.5 Å². The maximum atomic E-state index is 13.0. The summed E-state index contributed by atoms with van der Waals surface area (Å²) in [5.74, 6) is -2.16. The molecule has 0 aliphatic heterocycles. The van der Waals surface area contributed by atoms with Crippen molar-refractivity contribution in [3.63, 3.8) is 0 Å². The first-order valence-corrected chi connectivity index (χ1v) is 13.3. The minimum atomic E-state index is -1.27. The second-order valence-corrected chi connectivity index (χ2v) is 9.91. The number of hydrogen-bond acceptors (Lipinski definition) is 8. The zero-order valence-electron chi connectivity index (χ0n) is 22.5. The number of carboxylic acids is 1. The molecular formula is C30H30N6O5. The number of aryl methyl sites for hydroxylation is 1. The molecule has 210 valence electrons. The molecule has 0 bridgehead atoms. The Hall–Kier alpha value is -4.90. The van der Waals surface area contributed by atoms with E-state index < -0.39 is 17.8 Å². The number of nitrogens with one attached hydrogen (secondary N) is 1. The minimum Gasteiger partial charge on any atom is -0.477 e. The molecule has 4 N–H and O–H groups in total. The smallest absolute Gasteiger partial charge is 0.354 e. The highest BCUT2D eigenvalue weighted by atomic mass is 16.5. The summed E-state index contributed by atoms with van der Waals surface area (Å²) in [6.07, 6.45) is 6.32. The number of amides is 1. The van der Waals surface area contributed by atoms with Crippen molar-refractivity contribution in [1.29, 1.82) is 0 Å². The summed E-state index contributed by atoms with van der Waals surface area (Å²) in [5, 5.41) is 16.2. The van der Waals surface area contributed by atoms with Gasteiger partial charge in [0.1, 0.15) is 18.6 Å². The molecule has 0 spiro atoms. The van der Waals surface area contributed by atoms with Crippen molar-refractivity contribution >= 4 is 23.6 Å². The molecule has 2 aliphatic carbocycles. The summed E-state index contributed by atoms with van der Waals surface area (Å²) in [7, 11) is 0. The van der Waals surface area contributed by atoms with Crippen LogP contribution < -0.4 is 11.1 Å². The van der Waals surface area contributed by atoms with Gasteiger partial charge in [-0.15, -0.1) is 0 Å². The van der Waals surface area contributed by atoms with E-state index in [9.17, 15) is 19.5 Å². The van der Waals surface area contributed by atoms with Crippen LogP contribution in [0.4, 0.5) is 0 Å². The summed E-state index contributed by atoms with van der Waals surface area (Å²) in [6, 6.07) is 13.1. The van der Waals surface area contributed by atoms with Crippen LogP contribution in [0, 0.1) is 6.92 Å². The van der Waals surface area contributed by atoms with E-state index in [1.54, 1.807) is 6.07 Å². The lowest BCUT2D eigenvalue weighted by Crippen LogP contribution is -2.29. The number of aromatic carboxylic acids is 1. The van der Waals surface area contributed by atoms with Gasteiger partial charge in [0.2, 0.25) is 0 Å². The van der Waals surface area contributed by atoms with E-state index >= 15 is 0 Å². The largest absolute Gasteiger partial charge is 0.477 e. The monoisotopic (exact) mass is 554 g/mol. The first-order chi connectivity index (χ1) is 19.8. The Labute approximate surface area is 236 Å². The van der Waals surface area contributed by atoms with Crippen LogP contribution in [0.5, 0.6) is 0 Å². The van der Waals surface area contributed by atoms with Gasteiger partial charge in [-0.2, -0.15) is 14.6 Å². The Morgan fingerprint density at radius 2 is 1.98 bits per heavy atom. The third kappa shape index (κ3) is 5.57. The predicted octanol–water partition coefficient (Wildman–Crippen LogP) is 3.52. The molecular weight excluding hydrogens is 524 g/mol. The molecule has 1 amide bonds. The molecule has 2 atom stereocenters. The number of benzene rings is 2. The van der Waals surface area contributed by atoms with Crippen molar-refractivity contribution in [2.24, 2.45) is 5.73 Å². The maximum absolute atomic E-state index is 13.0. The Morgan fingerprint density at radius 3 is 2.73 bits per heavy atom. The van der Waals surface area contributed by atoms with Crippen LogP contribution in [0.1, 0.15) is 84.1 Å². The topological polar surface area (TPSA) is 162 Å². The zero-order valence-corrected chi connectivity index (χ0v) is 22.5. The number of fused-ring (bicyclic) bond motifs is 3. The molecule has 2 heterocycles.